The third-order valence-electron chi connectivity index (χ3n) is 2.37. The van der Waals surface area contributed by atoms with E-state index in [2.05, 4.69) is 0 Å². The molecule has 1 aliphatic rings. The molecule has 1 aromatic carbocycles. The van der Waals surface area contributed by atoms with Crippen LogP contribution in [0.4, 0.5) is 0 Å². The van der Waals surface area contributed by atoms with Crippen molar-refractivity contribution in [2.24, 2.45) is 0 Å². The van der Waals surface area contributed by atoms with E-state index in [1.54, 1.807) is 7.11 Å². The third kappa shape index (κ3) is 1.58. The first-order chi connectivity index (χ1) is 6.81. The first-order valence-electron chi connectivity index (χ1n) is 4.63. The van der Waals surface area contributed by atoms with Crippen molar-refractivity contribution in [3.05, 3.63) is 29.8 Å². The van der Waals surface area contributed by atoms with Crippen LogP contribution < -0.4 is 4.74 Å². The summed E-state index contributed by atoms with van der Waals surface area (Å²) in [6, 6.07) is 7.63. The summed E-state index contributed by atoms with van der Waals surface area (Å²) in [5.74, 6) is 0.660. The van der Waals surface area contributed by atoms with Crippen LogP contribution in [0.2, 0.25) is 0 Å². The Morgan fingerprint density at radius 2 is 2.21 bits per heavy atom. The Morgan fingerprint density at radius 3 is 2.86 bits per heavy atom. The van der Waals surface area contributed by atoms with Crippen LogP contribution in [0.1, 0.15) is 24.5 Å². The van der Waals surface area contributed by atoms with Crippen LogP contribution in [-0.2, 0) is 9.53 Å². The molecule has 3 nitrogen and oxygen atoms in total. The Morgan fingerprint density at radius 1 is 1.43 bits per heavy atom. The van der Waals surface area contributed by atoms with Gasteiger partial charge in [0.15, 0.2) is 0 Å². The van der Waals surface area contributed by atoms with Gasteiger partial charge >= 0.3 is 5.97 Å². The molecule has 14 heavy (non-hydrogen) atoms. The zero-order valence-electron chi connectivity index (χ0n) is 8.03. The first-order valence-corrected chi connectivity index (χ1v) is 4.63. The number of hydrogen-bond acceptors (Lipinski definition) is 3. The summed E-state index contributed by atoms with van der Waals surface area (Å²) in [6.45, 7) is 0. The van der Waals surface area contributed by atoms with E-state index in [-0.39, 0.29) is 12.1 Å². The van der Waals surface area contributed by atoms with Gasteiger partial charge in [-0.3, -0.25) is 4.79 Å². The van der Waals surface area contributed by atoms with Crippen LogP contribution in [0.5, 0.6) is 5.75 Å². The maximum absolute atomic E-state index is 11.0. The fourth-order valence-electron chi connectivity index (χ4n) is 1.68. The molecule has 1 heterocycles. The summed E-state index contributed by atoms with van der Waals surface area (Å²) in [6.07, 6.45) is 1.13. The van der Waals surface area contributed by atoms with E-state index in [1.165, 1.54) is 0 Å². The highest BCUT2D eigenvalue weighted by Crippen LogP contribution is 2.34. The van der Waals surface area contributed by atoms with Gasteiger partial charge < -0.3 is 9.47 Å². The molecular weight excluding hydrogens is 180 g/mol. The number of cyclic esters (lactones) is 1. The van der Waals surface area contributed by atoms with E-state index < -0.39 is 0 Å². The molecule has 1 unspecified atom stereocenters. The molecule has 1 saturated heterocycles. The van der Waals surface area contributed by atoms with Crippen molar-refractivity contribution >= 4 is 5.97 Å². The summed E-state index contributed by atoms with van der Waals surface area (Å²) >= 11 is 0. The van der Waals surface area contributed by atoms with Crippen molar-refractivity contribution in [2.75, 3.05) is 7.11 Å². The predicted octanol–water partition coefficient (Wildman–Crippen LogP) is 2.07. The van der Waals surface area contributed by atoms with Gasteiger partial charge in [0, 0.05) is 12.0 Å². The number of para-hydroxylation sites is 1. The SMILES string of the molecule is COc1ccccc1C1CCC(=O)O1. The van der Waals surface area contributed by atoms with E-state index >= 15 is 0 Å². The Bertz CT molecular complexity index is 346. The average Bonchev–Trinajstić information content (AvgIpc) is 2.65. The Labute approximate surface area is 82.6 Å². The smallest absolute Gasteiger partial charge is 0.306 e. The van der Waals surface area contributed by atoms with Crippen molar-refractivity contribution in [3.8, 4) is 5.75 Å². The molecule has 1 aromatic rings. The van der Waals surface area contributed by atoms with Crippen LogP contribution in [0.3, 0.4) is 0 Å². The Balaban J connectivity index is 2.27. The summed E-state index contributed by atoms with van der Waals surface area (Å²) < 4.78 is 10.4. The summed E-state index contributed by atoms with van der Waals surface area (Å²) in [5, 5.41) is 0. The molecule has 0 aromatic heterocycles. The number of rotatable bonds is 2. The number of hydrogen-bond donors (Lipinski definition) is 0. The lowest BCUT2D eigenvalue weighted by Crippen LogP contribution is -2.00. The van der Waals surface area contributed by atoms with Gasteiger partial charge in [0.25, 0.3) is 0 Å². The molecule has 0 amide bonds. The van der Waals surface area contributed by atoms with E-state index in [0.29, 0.717) is 6.42 Å². The van der Waals surface area contributed by atoms with Crippen LogP contribution in [0.25, 0.3) is 0 Å². The molecule has 0 bridgehead atoms. The quantitative estimate of drug-likeness (QED) is 0.673. The van der Waals surface area contributed by atoms with Crippen molar-refractivity contribution in [3.63, 3.8) is 0 Å². The molecule has 1 atom stereocenters. The standard InChI is InChI=1S/C11H12O3/c1-13-9-5-3-2-4-8(9)10-6-7-11(12)14-10/h2-5,10H,6-7H2,1H3. The molecule has 74 valence electrons. The third-order valence-corrected chi connectivity index (χ3v) is 2.37. The van der Waals surface area contributed by atoms with Crippen LogP contribution in [0.15, 0.2) is 24.3 Å². The predicted molar refractivity (Wildman–Crippen MR) is 51.1 cm³/mol. The molecule has 0 aliphatic carbocycles. The van der Waals surface area contributed by atoms with Gasteiger partial charge in [-0.25, -0.2) is 0 Å². The molecule has 0 spiro atoms. The monoisotopic (exact) mass is 192 g/mol. The van der Waals surface area contributed by atoms with Crippen LogP contribution in [-0.4, -0.2) is 13.1 Å². The maximum atomic E-state index is 11.0. The number of ether oxygens (including phenoxy) is 2. The second-order valence-corrected chi connectivity index (χ2v) is 3.26. The zero-order valence-corrected chi connectivity index (χ0v) is 8.03. The van der Waals surface area contributed by atoms with Crippen LogP contribution >= 0.6 is 0 Å². The lowest BCUT2D eigenvalue weighted by atomic mass is 10.1. The summed E-state index contributed by atoms with van der Waals surface area (Å²) in [7, 11) is 1.62. The lowest BCUT2D eigenvalue weighted by molar-refractivity contribution is -0.141. The molecular formula is C11H12O3. The molecule has 1 fully saturated rings. The first kappa shape index (κ1) is 9.06. The second kappa shape index (κ2) is 3.70. The summed E-state index contributed by atoms with van der Waals surface area (Å²) in [5.41, 5.74) is 0.959. The molecule has 0 radical (unpaired) electrons. The highest BCUT2D eigenvalue weighted by Gasteiger charge is 2.26. The Kier molecular flexibility index (Phi) is 2.39. The van der Waals surface area contributed by atoms with Gasteiger partial charge in [-0.05, 0) is 12.5 Å². The summed E-state index contributed by atoms with van der Waals surface area (Å²) in [4.78, 5) is 11.0. The van der Waals surface area contributed by atoms with Gasteiger partial charge in [0.2, 0.25) is 0 Å². The minimum Gasteiger partial charge on any atom is -0.496 e. The number of carbonyl (C=O) groups is 1. The fraction of sp³-hybridized carbons (Fsp3) is 0.364. The lowest BCUT2D eigenvalue weighted by Gasteiger charge is -2.13. The molecule has 3 heteroatoms. The van der Waals surface area contributed by atoms with Gasteiger partial charge in [-0.1, -0.05) is 18.2 Å². The number of carbonyl (C=O) groups excluding carboxylic acids is 1. The fourth-order valence-corrected chi connectivity index (χ4v) is 1.68. The Hall–Kier alpha value is -1.51. The van der Waals surface area contributed by atoms with Crippen molar-refractivity contribution in [1.82, 2.24) is 0 Å². The number of methoxy groups -OCH3 is 1. The minimum absolute atomic E-state index is 0.124. The molecule has 0 N–H and O–H groups in total. The van der Waals surface area contributed by atoms with Gasteiger partial charge in [0.1, 0.15) is 11.9 Å². The minimum atomic E-state index is -0.126. The van der Waals surface area contributed by atoms with E-state index in [9.17, 15) is 4.79 Å². The van der Waals surface area contributed by atoms with Gasteiger partial charge in [0.05, 0.1) is 7.11 Å². The molecule has 0 saturated carbocycles. The maximum Gasteiger partial charge on any atom is 0.306 e. The molecule has 1 aliphatic heterocycles. The average molecular weight is 192 g/mol. The van der Waals surface area contributed by atoms with Crippen molar-refractivity contribution in [2.45, 2.75) is 18.9 Å². The number of esters is 1. The highest BCUT2D eigenvalue weighted by atomic mass is 16.6. The largest absolute Gasteiger partial charge is 0.496 e. The second-order valence-electron chi connectivity index (χ2n) is 3.26. The van der Waals surface area contributed by atoms with Crippen molar-refractivity contribution < 1.29 is 14.3 Å². The van der Waals surface area contributed by atoms with Crippen molar-refractivity contribution in [1.29, 1.82) is 0 Å². The molecule has 2 rings (SSSR count). The van der Waals surface area contributed by atoms with E-state index in [0.717, 1.165) is 17.7 Å². The van der Waals surface area contributed by atoms with Gasteiger partial charge in [-0.2, -0.15) is 0 Å². The topological polar surface area (TPSA) is 35.5 Å². The highest BCUT2D eigenvalue weighted by molar-refractivity contribution is 5.72. The zero-order chi connectivity index (χ0) is 9.97. The van der Waals surface area contributed by atoms with Gasteiger partial charge in [-0.15, -0.1) is 0 Å². The normalized spacial score (nSPS) is 20.6. The van der Waals surface area contributed by atoms with E-state index in [1.807, 2.05) is 24.3 Å². The van der Waals surface area contributed by atoms with E-state index in [4.69, 9.17) is 9.47 Å². The number of benzene rings is 1. The van der Waals surface area contributed by atoms with Crippen LogP contribution in [0, 0.1) is 0 Å².